The minimum absolute atomic E-state index is 0.0728. The average molecular weight is 262 g/mol. The van der Waals surface area contributed by atoms with Crippen LogP contribution < -0.4 is 11.2 Å². The molecule has 1 aromatic carbocycles. The quantitative estimate of drug-likeness (QED) is 0.485. The zero-order valence-electron chi connectivity index (χ0n) is 10.3. The number of aryl methyl sites for hydroxylation is 1. The van der Waals surface area contributed by atoms with E-state index in [0.29, 0.717) is 25.7 Å². The van der Waals surface area contributed by atoms with Crippen molar-refractivity contribution in [1.82, 2.24) is 5.43 Å². The molecule has 3 N–H and O–H groups in total. The number of nitrogens with zero attached hydrogens (tertiary/aromatic N) is 2. The Morgan fingerprint density at radius 1 is 1.37 bits per heavy atom. The number of nitro groups is 1. The number of nitrogens with two attached hydrogens (primary N) is 1. The zero-order valence-corrected chi connectivity index (χ0v) is 10.3. The molecule has 2 rings (SSSR count). The topological polar surface area (TPSA) is 111 Å². The Morgan fingerprint density at radius 3 is 2.79 bits per heavy atom. The van der Waals surface area contributed by atoms with Crippen LogP contribution in [0.25, 0.3) is 0 Å². The summed E-state index contributed by atoms with van der Waals surface area (Å²) in [4.78, 5) is 21.2. The normalized spacial score (nSPS) is 14.7. The molecule has 1 aromatic rings. The predicted molar refractivity (Wildman–Crippen MR) is 70.6 cm³/mol. The van der Waals surface area contributed by atoms with Gasteiger partial charge in [0.15, 0.2) is 0 Å². The molecule has 0 aliphatic carbocycles. The lowest BCUT2D eigenvalue weighted by Crippen LogP contribution is -2.25. The molecular weight excluding hydrogens is 248 g/mol. The molecule has 0 saturated heterocycles. The van der Waals surface area contributed by atoms with E-state index < -0.39 is 4.92 Å². The third kappa shape index (κ3) is 3.27. The van der Waals surface area contributed by atoms with E-state index in [9.17, 15) is 14.9 Å². The Morgan fingerprint density at radius 2 is 2.16 bits per heavy atom. The molecule has 1 aliphatic heterocycles. The number of rotatable bonds is 4. The van der Waals surface area contributed by atoms with Gasteiger partial charge in [0.2, 0.25) is 5.91 Å². The second kappa shape index (κ2) is 5.47. The summed E-state index contributed by atoms with van der Waals surface area (Å²) in [5, 5.41) is 14.7. The van der Waals surface area contributed by atoms with E-state index in [2.05, 4.69) is 10.5 Å². The molecule has 0 atom stereocenters. The van der Waals surface area contributed by atoms with Crippen molar-refractivity contribution >= 4 is 23.0 Å². The summed E-state index contributed by atoms with van der Waals surface area (Å²) in [6.07, 6.45) is 2.39. The van der Waals surface area contributed by atoms with Gasteiger partial charge in [0.25, 0.3) is 5.69 Å². The Labute approximate surface area is 109 Å². The summed E-state index contributed by atoms with van der Waals surface area (Å²) in [5.74, 6) is -0.0770. The number of amides is 1. The van der Waals surface area contributed by atoms with Crippen molar-refractivity contribution in [2.75, 3.05) is 5.73 Å². The maximum absolute atomic E-state index is 10.9. The minimum Gasteiger partial charge on any atom is -0.393 e. The van der Waals surface area contributed by atoms with Gasteiger partial charge in [0.05, 0.1) is 4.92 Å². The fourth-order valence-corrected chi connectivity index (χ4v) is 1.88. The van der Waals surface area contributed by atoms with Gasteiger partial charge in [-0.15, -0.1) is 0 Å². The van der Waals surface area contributed by atoms with Crippen molar-refractivity contribution < 1.29 is 9.72 Å². The summed E-state index contributed by atoms with van der Waals surface area (Å²) in [5.41, 5.74) is 9.79. The third-order valence-corrected chi connectivity index (χ3v) is 2.97. The van der Waals surface area contributed by atoms with Crippen molar-refractivity contribution in [3.8, 4) is 0 Å². The van der Waals surface area contributed by atoms with Crippen molar-refractivity contribution in [1.29, 1.82) is 0 Å². The molecule has 0 unspecified atom stereocenters. The fourth-order valence-electron chi connectivity index (χ4n) is 1.88. The molecule has 100 valence electrons. The van der Waals surface area contributed by atoms with E-state index in [0.717, 1.165) is 11.3 Å². The zero-order chi connectivity index (χ0) is 13.8. The monoisotopic (exact) mass is 262 g/mol. The Balaban J connectivity index is 2.02. The number of benzene rings is 1. The number of nitrogens with one attached hydrogen (secondary N) is 1. The van der Waals surface area contributed by atoms with E-state index in [1.54, 1.807) is 6.07 Å². The van der Waals surface area contributed by atoms with Gasteiger partial charge in [-0.2, -0.15) is 5.10 Å². The predicted octanol–water partition coefficient (Wildman–Crippen LogP) is 1.38. The summed E-state index contributed by atoms with van der Waals surface area (Å²) in [6.45, 7) is 0. The lowest BCUT2D eigenvalue weighted by Gasteiger charge is -2.11. The second-order valence-corrected chi connectivity index (χ2v) is 4.36. The molecule has 1 amide bonds. The molecular formula is C12H14N4O3. The van der Waals surface area contributed by atoms with Gasteiger partial charge in [0.1, 0.15) is 5.69 Å². The van der Waals surface area contributed by atoms with Gasteiger partial charge in [-0.1, -0.05) is 6.07 Å². The first-order chi connectivity index (χ1) is 9.06. The number of hydrazone groups is 1. The molecule has 1 heterocycles. The van der Waals surface area contributed by atoms with Crippen molar-refractivity contribution in [3.63, 3.8) is 0 Å². The average Bonchev–Trinajstić information content (AvgIpc) is 2.39. The van der Waals surface area contributed by atoms with Crippen LogP contribution in [-0.2, 0) is 11.2 Å². The van der Waals surface area contributed by atoms with Gasteiger partial charge in [-0.25, -0.2) is 5.43 Å². The first-order valence-corrected chi connectivity index (χ1v) is 5.93. The lowest BCUT2D eigenvalue weighted by atomic mass is 10.0. The highest BCUT2D eigenvalue weighted by atomic mass is 16.6. The minimum atomic E-state index is -0.489. The summed E-state index contributed by atoms with van der Waals surface area (Å²) < 4.78 is 0. The Kier molecular flexibility index (Phi) is 3.74. The highest BCUT2D eigenvalue weighted by molar-refractivity contribution is 5.92. The first kappa shape index (κ1) is 13.0. The van der Waals surface area contributed by atoms with E-state index in [4.69, 9.17) is 5.73 Å². The number of hydrogen-bond acceptors (Lipinski definition) is 5. The van der Waals surface area contributed by atoms with Crippen LogP contribution in [0.2, 0.25) is 0 Å². The lowest BCUT2D eigenvalue weighted by molar-refractivity contribution is -0.384. The smallest absolute Gasteiger partial charge is 0.292 e. The Bertz CT molecular complexity index is 554. The van der Waals surface area contributed by atoms with Crippen LogP contribution >= 0.6 is 0 Å². The summed E-state index contributed by atoms with van der Waals surface area (Å²) >= 11 is 0. The van der Waals surface area contributed by atoms with Crippen LogP contribution in [-0.4, -0.2) is 16.5 Å². The van der Waals surface area contributed by atoms with Gasteiger partial charge in [-0.05, 0) is 30.9 Å². The molecule has 0 fully saturated rings. The highest BCUT2D eigenvalue weighted by Crippen LogP contribution is 2.23. The van der Waals surface area contributed by atoms with Crippen molar-refractivity contribution in [2.24, 2.45) is 5.10 Å². The summed E-state index contributed by atoms with van der Waals surface area (Å²) in [7, 11) is 0. The van der Waals surface area contributed by atoms with Crippen molar-refractivity contribution in [2.45, 2.75) is 25.7 Å². The standard InChI is InChI=1S/C12H14N4O3/c13-10-5-2-8(7-11(10)16(18)19)1-3-9-4-6-12(17)15-14-9/h2,5,7H,1,3-4,6,13H2,(H,15,17). The van der Waals surface area contributed by atoms with Crippen LogP contribution in [0.1, 0.15) is 24.8 Å². The first-order valence-electron chi connectivity index (χ1n) is 5.93. The number of nitro benzene ring substituents is 1. The van der Waals surface area contributed by atoms with Crippen LogP contribution in [0.5, 0.6) is 0 Å². The molecule has 0 aromatic heterocycles. The van der Waals surface area contributed by atoms with E-state index in [1.807, 2.05) is 0 Å². The van der Waals surface area contributed by atoms with Crippen molar-refractivity contribution in [3.05, 3.63) is 33.9 Å². The molecule has 7 heteroatoms. The second-order valence-electron chi connectivity index (χ2n) is 4.36. The summed E-state index contributed by atoms with van der Waals surface area (Å²) in [6, 6.07) is 4.79. The molecule has 0 radical (unpaired) electrons. The van der Waals surface area contributed by atoms with Crippen LogP contribution in [0.4, 0.5) is 11.4 Å². The van der Waals surface area contributed by atoms with Gasteiger partial charge < -0.3 is 5.73 Å². The van der Waals surface area contributed by atoms with Crippen LogP contribution in [0, 0.1) is 10.1 Å². The maximum atomic E-state index is 10.9. The van der Waals surface area contributed by atoms with Gasteiger partial charge >= 0.3 is 0 Å². The maximum Gasteiger partial charge on any atom is 0.292 e. The van der Waals surface area contributed by atoms with Gasteiger partial charge in [0, 0.05) is 18.2 Å². The number of nitrogen functional groups attached to an aromatic ring is 1. The molecule has 0 saturated carbocycles. The Hall–Kier alpha value is -2.44. The number of carbonyl (C=O) groups excluding carboxylic acids is 1. The molecule has 7 nitrogen and oxygen atoms in total. The number of hydrogen-bond donors (Lipinski definition) is 2. The van der Waals surface area contributed by atoms with E-state index >= 15 is 0 Å². The van der Waals surface area contributed by atoms with Crippen LogP contribution in [0.15, 0.2) is 23.3 Å². The molecule has 19 heavy (non-hydrogen) atoms. The fraction of sp³-hybridized carbons (Fsp3) is 0.333. The molecule has 0 spiro atoms. The number of carbonyl (C=O) groups is 1. The highest BCUT2D eigenvalue weighted by Gasteiger charge is 2.14. The third-order valence-electron chi connectivity index (χ3n) is 2.97. The van der Waals surface area contributed by atoms with Crippen LogP contribution in [0.3, 0.4) is 0 Å². The molecule has 0 bridgehead atoms. The van der Waals surface area contributed by atoms with E-state index in [1.165, 1.54) is 12.1 Å². The largest absolute Gasteiger partial charge is 0.393 e. The number of anilines is 1. The SMILES string of the molecule is Nc1ccc(CCC2=NNC(=O)CC2)cc1[N+](=O)[O-]. The molecule has 1 aliphatic rings. The van der Waals surface area contributed by atoms with E-state index in [-0.39, 0.29) is 17.3 Å². The van der Waals surface area contributed by atoms with Gasteiger partial charge in [-0.3, -0.25) is 14.9 Å².